The first-order chi connectivity index (χ1) is 38.2. The summed E-state index contributed by atoms with van der Waals surface area (Å²) in [5.41, 5.74) is 23.7. The van der Waals surface area contributed by atoms with Crippen molar-refractivity contribution >= 4 is 70.4 Å². The molecule has 1 aliphatic heterocycles. The topological polar surface area (TPSA) is 8.17 Å². The van der Waals surface area contributed by atoms with Gasteiger partial charge in [0.25, 0.3) is 0 Å². The van der Waals surface area contributed by atoms with Crippen molar-refractivity contribution in [1.29, 1.82) is 0 Å². The third kappa shape index (κ3) is 5.58. The van der Waals surface area contributed by atoms with Gasteiger partial charge in [-0.15, -0.1) is 11.3 Å². The molecular formula is C74H46N2S. The van der Waals surface area contributed by atoms with Gasteiger partial charge in [0.05, 0.1) is 33.2 Å². The molecule has 1 atom stereocenters. The normalized spacial score (nSPS) is 15.2. The van der Waals surface area contributed by atoms with Crippen LogP contribution in [0.15, 0.2) is 279 Å². The molecule has 17 rings (SSSR count). The summed E-state index contributed by atoms with van der Waals surface area (Å²) >= 11 is 1.87. The number of nitrogens with zero attached hydrogens (tertiary/aromatic N) is 2. The Labute approximate surface area is 450 Å². The molecule has 3 aliphatic rings. The molecule has 358 valence electrons. The first kappa shape index (κ1) is 42.8. The van der Waals surface area contributed by atoms with Gasteiger partial charge >= 0.3 is 0 Å². The second-order valence-electron chi connectivity index (χ2n) is 21.0. The second-order valence-corrected chi connectivity index (χ2v) is 22.1. The van der Waals surface area contributed by atoms with Crippen molar-refractivity contribution in [2.75, 3.05) is 4.90 Å². The maximum absolute atomic E-state index is 2.56. The van der Waals surface area contributed by atoms with Crippen molar-refractivity contribution in [1.82, 2.24) is 4.57 Å². The van der Waals surface area contributed by atoms with Crippen LogP contribution in [0.25, 0.3) is 81.0 Å². The van der Waals surface area contributed by atoms with E-state index >= 15 is 0 Å². The average molecular weight is 995 g/mol. The molecule has 0 bridgehead atoms. The molecule has 0 saturated heterocycles. The fourth-order valence-corrected chi connectivity index (χ4v) is 15.7. The van der Waals surface area contributed by atoms with E-state index < -0.39 is 10.8 Å². The predicted octanol–water partition coefficient (Wildman–Crippen LogP) is 19.3. The second kappa shape index (κ2) is 16.0. The molecule has 0 fully saturated rings. The van der Waals surface area contributed by atoms with E-state index in [9.17, 15) is 0 Å². The molecular weight excluding hydrogens is 949 g/mol. The molecule has 12 aromatic carbocycles. The number of rotatable bonds is 6. The Balaban J connectivity index is 0.954. The van der Waals surface area contributed by atoms with E-state index in [0.29, 0.717) is 0 Å². The minimum atomic E-state index is -0.602. The quantitative estimate of drug-likeness (QED) is 0.161. The lowest BCUT2D eigenvalue weighted by molar-refractivity contribution is 0.748. The van der Waals surface area contributed by atoms with Crippen molar-refractivity contribution in [3.63, 3.8) is 0 Å². The molecule has 2 nitrogen and oxygen atoms in total. The van der Waals surface area contributed by atoms with Gasteiger partial charge in [-0.25, -0.2) is 0 Å². The fourth-order valence-electron chi connectivity index (χ4n) is 14.6. The lowest BCUT2D eigenvalue weighted by Crippen LogP contribution is -2.33. The van der Waals surface area contributed by atoms with Gasteiger partial charge < -0.3 is 9.47 Å². The van der Waals surface area contributed by atoms with Crippen LogP contribution in [0, 0.1) is 0 Å². The summed E-state index contributed by atoms with van der Waals surface area (Å²) in [5.74, 6) is 0. The van der Waals surface area contributed by atoms with Crippen LogP contribution in [0.4, 0.5) is 17.1 Å². The summed E-state index contributed by atoms with van der Waals surface area (Å²) in [6.45, 7) is 0. The van der Waals surface area contributed by atoms with E-state index in [1.807, 2.05) is 11.3 Å². The van der Waals surface area contributed by atoms with Crippen molar-refractivity contribution in [3.8, 4) is 39.1 Å². The van der Waals surface area contributed by atoms with E-state index in [2.05, 4.69) is 289 Å². The molecule has 0 amide bonds. The summed E-state index contributed by atoms with van der Waals surface area (Å²) in [7, 11) is 0. The highest BCUT2D eigenvalue weighted by atomic mass is 32.1. The Morgan fingerprint density at radius 3 is 1.70 bits per heavy atom. The number of para-hydroxylation sites is 3. The van der Waals surface area contributed by atoms with Gasteiger partial charge in [-0.1, -0.05) is 224 Å². The Morgan fingerprint density at radius 1 is 0.338 bits per heavy atom. The van der Waals surface area contributed by atoms with Gasteiger partial charge in [-0.05, 0) is 127 Å². The van der Waals surface area contributed by atoms with Crippen LogP contribution < -0.4 is 4.90 Å². The van der Waals surface area contributed by atoms with Gasteiger partial charge in [0, 0.05) is 47.9 Å². The Bertz CT molecular complexity index is 4710. The highest BCUT2D eigenvalue weighted by Gasteiger charge is 2.52. The van der Waals surface area contributed by atoms with E-state index in [1.54, 1.807) is 0 Å². The van der Waals surface area contributed by atoms with Gasteiger partial charge in [-0.3, -0.25) is 0 Å². The first-order valence-corrected chi connectivity index (χ1v) is 27.6. The van der Waals surface area contributed by atoms with Crippen LogP contribution in [0.3, 0.4) is 0 Å². The Hall–Kier alpha value is -9.54. The van der Waals surface area contributed by atoms with Gasteiger partial charge in [-0.2, -0.15) is 0 Å². The van der Waals surface area contributed by atoms with E-state index in [1.165, 1.54) is 126 Å². The minimum Gasteiger partial charge on any atom is -0.310 e. The Kier molecular flexibility index (Phi) is 8.88. The molecule has 2 aliphatic carbocycles. The lowest BCUT2D eigenvalue weighted by Gasteiger charge is -2.39. The molecule has 3 heteroatoms. The van der Waals surface area contributed by atoms with Crippen LogP contribution in [0.5, 0.6) is 0 Å². The van der Waals surface area contributed by atoms with Crippen molar-refractivity contribution in [3.05, 3.63) is 324 Å². The molecule has 14 aromatic rings. The molecule has 0 radical (unpaired) electrons. The fraction of sp³-hybridized carbons (Fsp3) is 0.0270. The molecule has 3 heterocycles. The number of hydrogen-bond donors (Lipinski definition) is 0. The lowest BCUT2D eigenvalue weighted by atomic mass is 9.65. The predicted molar refractivity (Wildman–Crippen MR) is 322 cm³/mol. The van der Waals surface area contributed by atoms with Gasteiger partial charge in [0.2, 0.25) is 0 Å². The SMILES string of the molecule is c1ccc(C2(c3ccccc3)c3ccccc3-c3ccc(N(c4ccc(-c5cccc6sc7ccccc7c56)cc4)c4cccc5c4-c4ccccc4C54c5ccccc5-n5c6ccccc6c6cccc4c65)cc32)cc1. The average Bonchev–Trinajstić information content (AvgIpc) is 4.43. The standard InChI is InChI=1S/C74H46N2S/c1-3-20-48(21-4-1)73(49-22-5-2-6-23-49)59-30-11-7-24-53(59)54-45-44-51(46-64(54)73)75(50-42-40-47(41-43-50)52-28-18-39-69-70(52)58-27-10-16-38-68(58)77-69)67-37-19-33-62-71(67)57-26-8-12-31-60(57)74(62)61-32-13-15-36-66(61)76-65-35-14-9-25-55(65)56-29-17-34-63(74)72(56)76/h1-46H. The highest BCUT2D eigenvalue weighted by Crippen LogP contribution is 2.64. The molecule has 2 aromatic heterocycles. The maximum atomic E-state index is 2.56. The summed E-state index contributed by atoms with van der Waals surface area (Å²) in [6, 6.07) is 105. The zero-order valence-electron chi connectivity index (χ0n) is 41.9. The largest absolute Gasteiger partial charge is 0.310 e. The third-order valence-corrected chi connectivity index (χ3v) is 18.6. The van der Waals surface area contributed by atoms with Crippen LogP contribution in [0.1, 0.15) is 44.5 Å². The Morgan fingerprint density at radius 2 is 0.896 bits per heavy atom. The summed E-state index contributed by atoms with van der Waals surface area (Å²) in [5, 5.41) is 5.18. The van der Waals surface area contributed by atoms with Crippen LogP contribution in [0.2, 0.25) is 0 Å². The monoisotopic (exact) mass is 994 g/mol. The summed E-state index contributed by atoms with van der Waals surface area (Å²) < 4.78 is 5.15. The van der Waals surface area contributed by atoms with Crippen LogP contribution >= 0.6 is 11.3 Å². The zero-order valence-corrected chi connectivity index (χ0v) is 42.7. The number of benzene rings is 12. The third-order valence-electron chi connectivity index (χ3n) is 17.5. The van der Waals surface area contributed by atoms with Crippen LogP contribution in [-0.4, -0.2) is 4.57 Å². The first-order valence-electron chi connectivity index (χ1n) is 26.7. The number of aromatic nitrogens is 1. The van der Waals surface area contributed by atoms with Crippen molar-refractivity contribution in [2.45, 2.75) is 10.8 Å². The minimum absolute atomic E-state index is 0.569. The van der Waals surface area contributed by atoms with Gasteiger partial charge in [0.15, 0.2) is 0 Å². The van der Waals surface area contributed by atoms with Gasteiger partial charge in [0.1, 0.15) is 0 Å². The maximum Gasteiger partial charge on any atom is 0.0755 e. The number of hydrogen-bond acceptors (Lipinski definition) is 2. The molecule has 77 heavy (non-hydrogen) atoms. The molecule has 0 N–H and O–H groups in total. The summed E-state index contributed by atoms with van der Waals surface area (Å²) in [4.78, 5) is 2.56. The van der Waals surface area contributed by atoms with Crippen LogP contribution in [-0.2, 0) is 10.8 Å². The summed E-state index contributed by atoms with van der Waals surface area (Å²) in [6.07, 6.45) is 0. The zero-order chi connectivity index (χ0) is 50.4. The molecule has 1 spiro atoms. The van der Waals surface area contributed by atoms with Crippen molar-refractivity contribution in [2.24, 2.45) is 0 Å². The highest BCUT2D eigenvalue weighted by molar-refractivity contribution is 7.25. The van der Waals surface area contributed by atoms with E-state index in [0.717, 1.165) is 17.1 Å². The number of thiophene rings is 1. The number of fused-ring (bicyclic) bond motifs is 18. The van der Waals surface area contributed by atoms with E-state index in [4.69, 9.17) is 0 Å². The van der Waals surface area contributed by atoms with E-state index in [-0.39, 0.29) is 0 Å². The number of anilines is 3. The molecule has 0 saturated carbocycles. The van der Waals surface area contributed by atoms with Crippen molar-refractivity contribution < 1.29 is 0 Å². The molecule has 1 unspecified atom stereocenters. The smallest absolute Gasteiger partial charge is 0.0755 e.